The van der Waals surface area contributed by atoms with Crippen molar-refractivity contribution in [3.63, 3.8) is 0 Å². The van der Waals surface area contributed by atoms with Gasteiger partial charge >= 0.3 is 0 Å². The van der Waals surface area contributed by atoms with Crippen molar-refractivity contribution in [3.8, 4) is 11.1 Å². The van der Waals surface area contributed by atoms with E-state index in [0.717, 1.165) is 30.9 Å². The van der Waals surface area contributed by atoms with Gasteiger partial charge in [0.2, 0.25) is 10.0 Å². The van der Waals surface area contributed by atoms with E-state index in [0.29, 0.717) is 32.0 Å². The van der Waals surface area contributed by atoms with E-state index < -0.39 is 10.0 Å². The molecule has 2 heterocycles. The van der Waals surface area contributed by atoms with Gasteiger partial charge in [-0.15, -0.1) is 0 Å². The molecule has 0 radical (unpaired) electrons. The van der Waals surface area contributed by atoms with Gasteiger partial charge in [-0.2, -0.15) is 0 Å². The van der Waals surface area contributed by atoms with Crippen molar-refractivity contribution in [3.05, 3.63) is 60.3 Å². The van der Waals surface area contributed by atoms with E-state index in [-0.39, 0.29) is 5.75 Å². The maximum atomic E-state index is 12.8. The zero-order valence-electron chi connectivity index (χ0n) is 18.5. The third kappa shape index (κ3) is 4.92. The molecule has 2 aliphatic rings. The van der Waals surface area contributed by atoms with Crippen molar-refractivity contribution in [1.29, 1.82) is 0 Å². The fourth-order valence-corrected chi connectivity index (χ4v) is 6.25. The summed E-state index contributed by atoms with van der Waals surface area (Å²) in [7, 11) is -3.20. The maximum absolute atomic E-state index is 12.8. The molecule has 0 unspecified atom stereocenters. The molecule has 5 nitrogen and oxygen atoms in total. The van der Waals surface area contributed by atoms with E-state index in [4.69, 9.17) is 4.74 Å². The Hall–Kier alpha value is -2.15. The first-order chi connectivity index (χ1) is 15.6. The van der Waals surface area contributed by atoms with Gasteiger partial charge in [-0.3, -0.25) is 0 Å². The molecule has 170 valence electrons. The zero-order valence-corrected chi connectivity index (χ0v) is 19.3. The van der Waals surface area contributed by atoms with Crippen molar-refractivity contribution in [2.75, 3.05) is 32.1 Å². The molecular formula is C26H32N2O3S. The van der Waals surface area contributed by atoms with Crippen LogP contribution in [0.15, 0.2) is 54.7 Å². The van der Waals surface area contributed by atoms with Crippen LogP contribution in [0.4, 0.5) is 0 Å². The number of rotatable bonds is 9. The first kappa shape index (κ1) is 21.7. The first-order valence-electron chi connectivity index (χ1n) is 11.8. The molecule has 1 saturated heterocycles. The van der Waals surface area contributed by atoms with Gasteiger partial charge in [0.05, 0.1) is 5.75 Å². The Morgan fingerprint density at radius 2 is 1.75 bits per heavy atom. The average Bonchev–Trinajstić information content (AvgIpc) is 3.55. The molecule has 32 heavy (non-hydrogen) atoms. The van der Waals surface area contributed by atoms with Gasteiger partial charge in [-0.1, -0.05) is 36.4 Å². The maximum Gasteiger partial charge on any atom is 0.214 e. The Labute approximate surface area is 190 Å². The van der Waals surface area contributed by atoms with Crippen LogP contribution in [0.25, 0.3) is 22.0 Å². The topological polar surface area (TPSA) is 62.4 Å². The summed E-state index contributed by atoms with van der Waals surface area (Å²) in [5.74, 6) is 1.29. The number of hydrogen-bond donors (Lipinski definition) is 1. The Kier molecular flexibility index (Phi) is 6.35. The lowest BCUT2D eigenvalue weighted by molar-refractivity contribution is 0.125. The van der Waals surface area contributed by atoms with E-state index in [1.165, 1.54) is 34.9 Å². The van der Waals surface area contributed by atoms with Crippen LogP contribution < -0.4 is 0 Å². The smallest absolute Gasteiger partial charge is 0.214 e. The van der Waals surface area contributed by atoms with Crippen LogP contribution in [-0.4, -0.2) is 49.8 Å². The Morgan fingerprint density at radius 3 is 2.50 bits per heavy atom. The van der Waals surface area contributed by atoms with Crippen LogP contribution in [0.3, 0.4) is 0 Å². The summed E-state index contributed by atoms with van der Waals surface area (Å²) < 4.78 is 32.8. The van der Waals surface area contributed by atoms with Crippen LogP contribution in [0.5, 0.6) is 0 Å². The first-order valence-corrected chi connectivity index (χ1v) is 13.4. The third-order valence-electron chi connectivity index (χ3n) is 6.85. The number of ether oxygens (including phenoxy) is 1. The van der Waals surface area contributed by atoms with E-state index in [1.807, 2.05) is 6.07 Å². The van der Waals surface area contributed by atoms with Gasteiger partial charge in [-0.05, 0) is 72.8 Å². The minimum atomic E-state index is -3.20. The second kappa shape index (κ2) is 9.38. The summed E-state index contributed by atoms with van der Waals surface area (Å²) in [6.07, 6.45) is 6.94. The molecule has 3 aromatic rings. The molecule has 0 amide bonds. The molecule has 1 saturated carbocycles. The quantitative estimate of drug-likeness (QED) is 0.456. The van der Waals surface area contributed by atoms with Crippen LogP contribution >= 0.6 is 0 Å². The SMILES string of the molecule is O=S(=O)(CCCOCC1CC1)N1CCC(c2c[nH]c3ccc(-c4ccccc4)cc23)CC1. The van der Waals surface area contributed by atoms with E-state index in [1.54, 1.807) is 4.31 Å². The Balaban J connectivity index is 1.21. The normalized spacial score (nSPS) is 18.4. The third-order valence-corrected chi connectivity index (χ3v) is 8.81. The molecule has 0 bridgehead atoms. The fraction of sp³-hybridized carbons (Fsp3) is 0.462. The molecular weight excluding hydrogens is 420 g/mol. The number of hydrogen-bond acceptors (Lipinski definition) is 3. The summed E-state index contributed by atoms with van der Waals surface area (Å²) in [5.41, 5.74) is 4.87. The predicted molar refractivity (Wildman–Crippen MR) is 129 cm³/mol. The number of aromatic nitrogens is 1. The molecule has 1 aliphatic heterocycles. The lowest BCUT2D eigenvalue weighted by Gasteiger charge is -2.31. The highest BCUT2D eigenvalue weighted by molar-refractivity contribution is 7.89. The summed E-state index contributed by atoms with van der Waals surface area (Å²) in [4.78, 5) is 3.41. The summed E-state index contributed by atoms with van der Waals surface area (Å²) in [6, 6.07) is 17.0. The standard InChI is InChI=1S/C26H32N2O3S/c29-32(30,16-4-15-31-19-20-7-8-20)28-13-11-22(12-14-28)25-18-27-26-10-9-23(17-24(25)26)21-5-2-1-3-6-21/h1-3,5-6,9-10,17-18,20,22,27H,4,7-8,11-16,19H2. The number of H-pyrrole nitrogens is 1. The van der Waals surface area contributed by atoms with Crippen LogP contribution in [0.1, 0.15) is 43.6 Å². The van der Waals surface area contributed by atoms with Crippen molar-refractivity contribution in [2.24, 2.45) is 5.92 Å². The predicted octanol–water partition coefficient (Wildman–Crippen LogP) is 5.16. The van der Waals surface area contributed by atoms with Gasteiger partial charge in [0.15, 0.2) is 0 Å². The van der Waals surface area contributed by atoms with Crippen molar-refractivity contribution in [1.82, 2.24) is 9.29 Å². The largest absolute Gasteiger partial charge is 0.381 e. The molecule has 0 atom stereocenters. The molecule has 1 aliphatic carbocycles. The number of sulfonamides is 1. The minimum Gasteiger partial charge on any atom is -0.381 e. The minimum absolute atomic E-state index is 0.190. The van der Waals surface area contributed by atoms with E-state index >= 15 is 0 Å². The zero-order chi connectivity index (χ0) is 22.0. The molecule has 5 rings (SSSR count). The Morgan fingerprint density at radius 1 is 0.969 bits per heavy atom. The highest BCUT2D eigenvalue weighted by Gasteiger charge is 2.29. The van der Waals surface area contributed by atoms with Gasteiger partial charge in [0.25, 0.3) is 0 Å². The second-order valence-corrected chi connectivity index (χ2v) is 11.3. The highest BCUT2D eigenvalue weighted by Crippen LogP contribution is 2.36. The van der Waals surface area contributed by atoms with Crippen LogP contribution in [0, 0.1) is 5.92 Å². The number of fused-ring (bicyclic) bond motifs is 1. The Bertz CT molecular complexity index is 1140. The molecule has 2 fully saturated rings. The lowest BCUT2D eigenvalue weighted by Crippen LogP contribution is -2.39. The highest BCUT2D eigenvalue weighted by atomic mass is 32.2. The fourth-order valence-electron chi connectivity index (χ4n) is 4.74. The molecule has 1 N–H and O–H groups in total. The van der Waals surface area contributed by atoms with E-state index in [2.05, 4.69) is 53.6 Å². The number of aromatic amines is 1. The molecule has 6 heteroatoms. The number of nitrogens with zero attached hydrogens (tertiary/aromatic N) is 1. The summed E-state index contributed by atoms with van der Waals surface area (Å²) >= 11 is 0. The van der Waals surface area contributed by atoms with Crippen LogP contribution in [-0.2, 0) is 14.8 Å². The lowest BCUT2D eigenvalue weighted by atomic mass is 9.89. The van der Waals surface area contributed by atoms with Crippen molar-refractivity contribution < 1.29 is 13.2 Å². The molecule has 2 aromatic carbocycles. The van der Waals surface area contributed by atoms with Crippen LogP contribution in [0.2, 0.25) is 0 Å². The van der Waals surface area contributed by atoms with Gasteiger partial charge < -0.3 is 9.72 Å². The second-order valence-electron chi connectivity index (χ2n) is 9.23. The molecule has 1 aromatic heterocycles. The van der Waals surface area contributed by atoms with E-state index in [9.17, 15) is 8.42 Å². The average molecular weight is 453 g/mol. The number of nitrogens with one attached hydrogen (secondary N) is 1. The number of piperidine rings is 1. The summed E-state index contributed by atoms with van der Waals surface area (Å²) in [6.45, 7) is 2.54. The number of benzene rings is 2. The monoisotopic (exact) mass is 452 g/mol. The van der Waals surface area contributed by atoms with Gasteiger partial charge in [0.1, 0.15) is 0 Å². The van der Waals surface area contributed by atoms with Crippen molar-refractivity contribution in [2.45, 2.75) is 38.0 Å². The van der Waals surface area contributed by atoms with Gasteiger partial charge in [0, 0.05) is 43.4 Å². The molecule has 0 spiro atoms. The van der Waals surface area contributed by atoms with Crippen molar-refractivity contribution >= 4 is 20.9 Å². The van der Waals surface area contributed by atoms with Gasteiger partial charge in [-0.25, -0.2) is 12.7 Å². The summed E-state index contributed by atoms with van der Waals surface area (Å²) in [5, 5.41) is 1.25.